The Balaban J connectivity index is 1.80. The summed E-state index contributed by atoms with van der Waals surface area (Å²) in [6.45, 7) is 5.88. The molecule has 0 bridgehead atoms. The minimum absolute atomic E-state index is 0.754. The second-order valence-corrected chi connectivity index (χ2v) is 6.32. The number of benzene rings is 1. The SMILES string of the molecule is C/C=C/CC1CCC(c2ccc(COCCC)cc2)CC1. The molecule has 2 rings (SSSR count). The van der Waals surface area contributed by atoms with E-state index in [0.29, 0.717) is 0 Å². The summed E-state index contributed by atoms with van der Waals surface area (Å²) in [4.78, 5) is 0. The lowest BCUT2D eigenvalue weighted by molar-refractivity contribution is 0.121. The van der Waals surface area contributed by atoms with Crippen LogP contribution in [-0.2, 0) is 11.3 Å². The van der Waals surface area contributed by atoms with Crippen molar-refractivity contribution in [1.82, 2.24) is 0 Å². The van der Waals surface area contributed by atoms with Gasteiger partial charge in [0.25, 0.3) is 0 Å². The average Bonchev–Trinajstić information content (AvgIpc) is 2.54. The fraction of sp³-hybridized carbons (Fsp3) is 0.600. The number of hydrogen-bond acceptors (Lipinski definition) is 1. The second-order valence-electron chi connectivity index (χ2n) is 6.32. The maximum Gasteiger partial charge on any atom is 0.0716 e. The van der Waals surface area contributed by atoms with Crippen molar-refractivity contribution >= 4 is 0 Å². The first-order chi connectivity index (χ1) is 10.3. The molecule has 0 unspecified atom stereocenters. The Kier molecular flexibility index (Phi) is 7.02. The van der Waals surface area contributed by atoms with Crippen LogP contribution in [0.4, 0.5) is 0 Å². The highest BCUT2D eigenvalue weighted by molar-refractivity contribution is 5.25. The molecule has 1 nitrogen and oxygen atoms in total. The van der Waals surface area contributed by atoms with Crippen molar-refractivity contribution in [2.75, 3.05) is 6.61 Å². The molecule has 0 aromatic heterocycles. The minimum atomic E-state index is 0.754. The first kappa shape index (κ1) is 16.3. The lowest BCUT2D eigenvalue weighted by Gasteiger charge is -2.28. The van der Waals surface area contributed by atoms with E-state index in [4.69, 9.17) is 4.74 Å². The fourth-order valence-electron chi connectivity index (χ4n) is 3.28. The zero-order valence-electron chi connectivity index (χ0n) is 13.7. The van der Waals surface area contributed by atoms with Crippen LogP contribution >= 0.6 is 0 Å². The van der Waals surface area contributed by atoms with E-state index in [1.54, 1.807) is 0 Å². The van der Waals surface area contributed by atoms with Crippen LogP contribution in [0, 0.1) is 5.92 Å². The van der Waals surface area contributed by atoms with Crippen molar-refractivity contribution in [2.24, 2.45) is 5.92 Å². The Labute approximate surface area is 130 Å². The van der Waals surface area contributed by atoms with Gasteiger partial charge in [-0.2, -0.15) is 0 Å². The van der Waals surface area contributed by atoms with Gasteiger partial charge >= 0.3 is 0 Å². The molecule has 1 aliphatic carbocycles. The molecule has 1 saturated carbocycles. The van der Waals surface area contributed by atoms with E-state index < -0.39 is 0 Å². The Morgan fingerprint density at radius 1 is 1.10 bits per heavy atom. The van der Waals surface area contributed by atoms with Crippen molar-refractivity contribution in [3.63, 3.8) is 0 Å². The number of allylic oxidation sites excluding steroid dienone is 2. The van der Waals surface area contributed by atoms with Crippen molar-refractivity contribution in [2.45, 2.75) is 64.9 Å². The molecule has 1 heteroatoms. The topological polar surface area (TPSA) is 9.23 Å². The zero-order valence-corrected chi connectivity index (χ0v) is 13.7. The van der Waals surface area contributed by atoms with Gasteiger partial charge in [-0.3, -0.25) is 0 Å². The molecule has 1 aliphatic rings. The summed E-state index contributed by atoms with van der Waals surface area (Å²) in [6, 6.07) is 9.14. The third-order valence-electron chi connectivity index (χ3n) is 4.62. The van der Waals surface area contributed by atoms with E-state index in [2.05, 4.69) is 50.3 Å². The summed E-state index contributed by atoms with van der Waals surface area (Å²) in [5, 5.41) is 0. The molecule has 0 aliphatic heterocycles. The van der Waals surface area contributed by atoms with E-state index >= 15 is 0 Å². The predicted molar refractivity (Wildman–Crippen MR) is 90.5 cm³/mol. The van der Waals surface area contributed by atoms with Crippen LogP contribution in [0.5, 0.6) is 0 Å². The van der Waals surface area contributed by atoms with Gasteiger partial charge in [0.2, 0.25) is 0 Å². The second kappa shape index (κ2) is 9.04. The maximum atomic E-state index is 5.60. The van der Waals surface area contributed by atoms with E-state index in [1.165, 1.54) is 43.2 Å². The molecule has 0 saturated heterocycles. The summed E-state index contributed by atoms with van der Waals surface area (Å²) in [6.07, 6.45) is 12.4. The van der Waals surface area contributed by atoms with Crippen LogP contribution < -0.4 is 0 Å². The number of hydrogen-bond donors (Lipinski definition) is 0. The first-order valence-electron chi connectivity index (χ1n) is 8.61. The smallest absolute Gasteiger partial charge is 0.0716 e. The summed E-state index contributed by atoms with van der Waals surface area (Å²) in [7, 11) is 0. The molecule has 0 N–H and O–H groups in total. The van der Waals surface area contributed by atoms with Gasteiger partial charge in [0, 0.05) is 6.61 Å². The molecule has 0 heterocycles. The van der Waals surface area contributed by atoms with Gasteiger partial charge in [-0.25, -0.2) is 0 Å². The van der Waals surface area contributed by atoms with Gasteiger partial charge < -0.3 is 4.74 Å². The molecule has 0 spiro atoms. The third kappa shape index (κ3) is 5.32. The molecule has 116 valence electrons. The van der Waals surface area contributed by atoms with Crippen LogP contribution in [0.2, 0.25) is 0 Å². The Morgan fingerprint density at radius 3 is 2.43 bits per heavy atom. The van der Waals surface area contributed by atoms with E-state index in [-0.39, 0.29) is 0 Å². The Bertz CT molecular complexity index is 410. The molecule has 0 atom stereocenters. The molecule has 0 amide bonds. The summed E-state index contributed by atoms with van der Waals surface area (Å²) >= 11 is 0. The zero-order chi connectivity index (χ0) is 14.9. The van der Waals surface area contributed by atoms with E-state index in [0.717, 1.165) is 31.5 Å². The quantitative estimate of drug-likeness (QED) is 0.451. The first-order valence-corrected chi connectivity index (χ1v) is 8.61. The van der Waals surface area contributed by atoms with Crippen molar-refractivity contribution in [3.05, 3.63) is 47.5 Å². The molecule has 21 heavy (non-hydrogen) atoms. The molecule has 1 aromatic carbocycles. The third-order valence-corrected chi connectivity index (χ3v) is 4.62. The standard InChI is InChI=1S/C20H30O/c1-3-5-6-17-7-11-19(12-8-17)20-13-9-18(10-14-20)16-21-15-4-2/h3,5,9-10,13-14,17,19H,4,6-8,11-12,15-16H2,1-2H3/b5-3+. The van der Waals surface area contributed by atoms with Crippen molar-refractivity contribution in [1.29, 1.82) is 0 Å². The normalized spacial score (nSPS) is 22.8. The van der Waals surface area contributed by atoms with Crippen LogP contribution in [0.15, 0.2) is 36.4 Å². The fourth-order valence-corrected chi connectivity index (χ4v) is 3.28. The van der Waals surface area contributed by atoms with Crippen LogP contribution in [0.3, 0.4) is 0 Å². The highest BCUT2D eigenvalue weighted by Crippen LogP contribution is 2.37. The Hall–Kier alpha value is -1.08. The van der Waals surface area contributed by atoms with Gasteiger partial charge in [0.05, 0.1) is 6.61 Å². The van der Waals surface area contributed by atoms with Crippen molar-refractivity contribution < 1.29 is 4.74 Å². The highest BCUT2D eigenvalue weighted by atomic mass is 16.5. The summed E-state index contributed by atoms with van der Waals surface area (Å²) < 4.78 is 5.60. The largest absolute Gasteiger partial charge is 0.377 e. The number of ether oxygens (including phenoxy) is 1. The molecule has 0 radical (unpaired) electrons. The van der Waals surface area contributed by atoms with Gasteiger partial charge in [-0.05, 0) is 68.4 Å². The lowest BCUT2D eigenvalue weighted by atomic mass is 9.77. The maximum absolute atomic E-state index is 5.60. The van der Waals surface area contributed by atoms with Crippen LogP contribution in [-0.4, -0.2) is 6.61 Å². The molecule has 1 fully saturated rings. The highest BCUT2D eigenvalue weighted by Gasteiger charge is 2.21. The van der Waals surface area contributed by atoms with E-state index in [1.807, 2.05) is 0 Å². The minimum Gasteiger partial charge on any atom is -0.377 e. The molecular formula is C20H30O. The monoisotopic (exact) mass is 286 g/mol. The Morgan fingerprint density at radius 2 is 1.81 bits per heavy atom. The lowest BCUT2D eigenvalue weighted by Crippen LogP contribution is -2.12. The van der Waals surface area contributed by atoms with Crippen LogP contribution in [0.25, 0.3) is 0 Å². The average molecular weight is 286 g/mol. The summed E-state index contributed by atoms with van der Waals surface area (Å²) in [5.41, 5.74) is 2.83. The summed E-state index contributed by atoms with van der Waals surface area (Å²) in [5.74, 6) is 1.69. The number of rotatable bonds is 7. The van der Waals surface area contributed by atoms with Crippen molar-refractivity contribution in [3.8, 4) is 0 Å². The predicted octanol–water partition coefficient (Wildman–Crippen LogP) is 5.85. The molecule has 1 aromatic rings. The van der Waals surface area contributed by atoms with Gasteiger partial charge in [-0.15, -0.1) is 0 Å². The molecular weight excluding hydrogens is 256 g/mol. The van der Waals surface area contributed by atoms with Crippen LogP contribution in [0.1, 0.15) is 69.4 Å². The van der Waals surface area contributed by atoms with Gasteiger partial charge in [-0.1, -0.05) is 43.3 Å². The van der Waals surface area contributed by atoms with Gasteiger partial charge in [0.1, 0.15) is 0 Å². The van der Waals surface area contributed by atoms with Gasteiger partial charge in [0.15, 0.2) is 0 Å². The van der Waals surface area contributed by atoms with E-state index in [9.17, 15) is 0 Å².